The van der Waals surface area contributed by atoms with Gasteiger partial charge in [0.05, 0.1) is 11.6 Å². The van der Waals surface area contributed by atoms with Crippen LogP contribution in [0.15, 0.2) is 45.2 Å². The van der Waals surface area contributed by atoms with Gasteiger partial charge in [-0.05, 0) is 30.7 Å². The maximum Gasteiger partial charge on any atom is 0.338 e. The highest BCUT2D eigenvalue weighted by Gasteiger charge is 2.37. The zero-order chi connectivity index (χ0) is 20.3. The Bertz CT molecular complexity index is 1060. The second-order valence-corrected chi connectivity index (χ2v) is 6.66. The van der Waals surface area contributed by atoms with E-state index in [2.05, 4.69) is 15.0 Å². The molecule has 1 saturated heterocycles. The van der Waals surface area contributed by atoms with Gasteiger partial charge in [0.25, 0.3) is 5.56 Å². The summed E-state index contributed by atoms with van der Waals surface area (Å²) in [5.74, 6) is -0.605. The Kier molecular flexibility index (Phi) is 5.84. The third-order valence-corrected chi connectivity index (χ3v) is 4.53. The van der Waals surface area contributed by atoms with Crippen molar-refractivity contribution in [2.45, 2.75) is 31.7 Å². The summed E-state index contributed by atoms with van der Waals surface area (Å²) in [5.41, 5.74) is 8.26. The molecule has 1 N–H and O–H groups in total. The summed E-state index contributed by atoms with van der Waals surface area (Å²) in [6.07, 6.45) is 0.0466. The third kappa shape index (κ3) is 4.25. The number of benzene rings is 1. The van der Waals surface area contributed by atoms with Crippen molar-refractivity contribution in [2.24, 2.45) is 5.11 Å². The fourth-order valence-electron chi connectivity index (χ4n) is 2.88. The molecular formula is C17H16ClN5O5. The van der Waals surface area contributed by atoms with Crippen LogP contribution in [0.5, 0.6) is 0 Å². The van der Waals surface area contributed by atoms with Crippen LogP contribution in [0, 0.1) is 6.92 Å². The van der Waals surface area contributed by atoms with Gasteiger partial charge in [0.15, 0.2) is 0 Å². The summed E-state index contributed by atoms with van der Waals surface area (Å²) < 4.78 is 12.2. The molecular weight excluding hydrogens is 390 g/mol. The van der Waals surface area contributed by atoms with Crippen LogP contribution >= 0.6 is 11.6 Å². The molecule has 0 saturated carbocycles. The molecule has 0 amide bonds. The lowest BCUT2D eigenvalue weighted by molar-refractivity contribution is -0.0363. The van der Waals surface area contributed by atoms with Crippen LogP contribution in [-0.4, -0.2) is 34.3 Å². The van der Waals surface area contributed by atoms with E-state index < -0.39 is 35.6 Å². The number of carbonyl (C=O) groups is 1. The zero-order valence-electron chi connectivity index (χ0n) is 14.7. The van der Waals surface area contributed by atoms with Crippen molar-refractivity contribution in [3.8, 4) is 0 Å². The summed E-state index contributed by atoms with van der Waals surface area (Å²) >= 11 is 5.86. The number of carbonyl (C=O) groups excluding carboxylic acids is 1. The molecule has 1 aliphatic rings. The van der Waals surface area contributed by atoms with Gasteiger partial charge in [0.1, 0.15) is 18.9 Å². The van der Waals surface area contributed by atoms with Gasteiger partial charge < -0.3 is 9.47 Å². The summed E-state index contributed by atoms with van der Waals surface area (Å²) in [4.78, 5) is 40.7. The minimum atomic E-state index is -0.770. The van der Waals surface area contributed by atoms with E-state index in [9.17, 15) is 14.4 Å². The molecule has 146 valence electrons. The number of H-pyrrole nitrogens is 1. The Morgan fingerprint density at radius 2 is 2.29 bits per heavy atom. The molecule has 3 rings (SSSR count). The second-order valence-electron chi connectivity index (χ2n) is 6.22. The summed E-state index contributed by atoms with van der Waals surface area (Å²) in [7, 11) is 0. The number of aromatic amines is 1. The van der Waals surface area contributed by atoms with Gasteiger partial charge in [-0.3, -0.25) is 14.3 Å². The number of ether oxygens (including phenoxy) is 2. The topological polar surface area (TPSA) is 139 Å². The van der Waals surface area contributed by atoms with Crippen molar-refractivity contribution in [3.05, 3.63) is 77.9 Å². The molecule has 1 aliphatic heterocycles. The largest absolute Gasteiger partial charge is 0.459 e. The van der Waals surface area contributed by atoms with Gasteiger partial charge in [0.2, 0.25) is 0 Å². The molecule has 0 bridgehead atoms. The van der Waals surface area contributed by atoms with Crippen LogP contribution in [0.4, 0.5) is 0 Å². The van der Waals surface area contributed by atoms with E-state index >= 15 is 0 Å². The highest BCUT2D eigenvalue weighted by atomic mass is 35.5. The number of halogens is 1. The third-order valence-electron chi connectivity index (χ3n) is 4.30. The van der Waals surface area contributed by atoms with Crippen LogP contribution in [0.1, 0.15) is 28.6 Å². The highest BCUT2D eigenvalue weighted by molar-refractivity contribution is 6.30. The van der Waals surface area contributed by atoms with Crippen LogP contribution in [0.25, 0.3) is 10.4 Å². The lowest BCUT2D eigenvalue weighted by Crippen LogP contribution is -2.33. The number of aryl methyl sites for hydroxylation is 1. The first-order valence-corrected chi connectivity index (χ1v) is 8.71. The number of nitrogens with zero attached hydrogens (tertiary/aromatic N) is 4. The maximum absolute atomic E-state index is 12.2. The first kappa shape index (κ1) is 19.7. The predicted molar refractivity (Wildman–Crippen MR) is 99.3 cm³/mol. The molecule has 0 spiro atoms. The van der Waals surface area contributed by atoms with Crippen LogP contribution in [0.2, 0.25) is 5.02 Å². The Balaban J connectivity index is 1.74. The van der Waals surface area contributed by atoms with Crippen LogP contribution < -0.4 is 11.2 Å². The standard InChI is InChI=1S/C17H16ClN5O5/c1-9-7-23(17(26)20-15(9)24)14-6-12(21-22-19)13(28-14)8-27-16(25)10-3-2-4-11(18)5-10/h2-5,7,12-14H,6,8H2,1H3,(H,20,24,26)/t12-,13+,14+/m0/s1. The Morgan fingerprint density at radius 3 is 3.00 bits per heavy atom. The van der Waals surface area contributed by atoms with E-state index in [4.69, 9.17) is 26.6 Å². The summed E-state index contributed by atoms with van der Waals surface area (Å²) in [5, 5.41) is 4.07. The molecule has 11 heteroatoms. The minimum Gasteiger partial charge on any atom is -0.459 e. The first-order chi connectivity index (χ1) is 13.4. The molecule has 1 fully saturated rings. The smallest absolute Gasteiger partial charge is 0.338 e. The Labute approximate surface area is 163 Å². The van der Waals surface area contributed by atoms with E-state index in [1.807, 2.05) is 0 Å². The first-order valence-electron chi connectivity index (χ1n) is 8.33. The molecule has 0 radical (unpaired) electrons. The normalized spacial score (nSPS) is 21.1. The summed E-state index contributed by atoms with van der Waals surface area (Å²) in [6.45, 7) is 1.38. The number of nitrogens with one attached hydrogen (secondary N) is 1. The lowest BCUT2D eigenvalue weighted by Gasteiger charge is -2.17. The van der Waals surface area contributed by atoms with Gasteiger partial charge in [0, 0.05) is 28.1 Å². The van der Waals surface area contributed by atoms with Crippen molar-refractivity contribution in [3.63, 3.8) is 0 Å². The summed E-state index contributed by atoms with van der Waals surface area (Å²) in [6, 6.07) is 5.62. The lowest BCUT2D eigenvalue weighted by atomic mass is 10.1. The van der Waals surface area contributed by atoms with E-state index in [-0.39, 0.29) is 18.6 Å². The van der Waals surface area contributed by atoms with Gasteiger partial charge in [-0.2, -0.15) is 0 Å². The van der Waals surface area contributed by atoms with Gasteiger partial charge in [-0.1, -0.05) is 22.8 Å². The molecule has 10 nitrogen and oxygen atoms in total. The molecule has 0 unspecified atom stereocenters. The van der Waals surface area contributed by atoms with Crippen molar-refractivity contribution >= 4 is 17.6 Å². The van der Waals surface area contributed by atoms with E-state index in [1.54, 1.807) is 25.1 Å². The quantitative estimate of drug-likeness (QED) is 0.352. The van der Waals surface area contributed by atoms with Gasteiger partial charge in [-0.15, -0.1) is 0 Å². The molecule has 2 heterocycles. The molecule has 0 aliphatic carbocycles. The number of azide groups is 1. The number of hydrogen-bond acceptors (Lipinski definition) is 6. The number of aromatic nitrogens is 2. The minimum absolute atomic E-state index is 0.178. The molecule has 2 aromatic rings. The average Bonchev–Trinajstić information content (AvgIpc) is 3.05. The van der Waals surface area contributed by atoms with E-state index in [0.717, 1.165) is 0 Å². The van der Waals surface area contributed by atoms with Crippen molar-refractivity contribution in [1.29, 1.82) is 0 Å². The fraction of sp³-hybridized carbons (Fsp3) is 0.353. The predicted octanol–water partition coefficient (Wildman–Crippen LogP) is 2.32. The van der Waals surface area contributed by atoms with Gasteiger partial charge >= 0.3 is 11.7 Å². The average molecular weight is 406 g/mol. The fourth-order valence-corrected chi connectivity index (χ4v) is 3.07. The zero-order valence-corrected chi connectivity index (χ0v) is 15.5. The Hall–Kier alpha value is -3.07. The van der Waals surface area contributed by atoms with E-state index in [0.29, 0.717) is 10.6 Å². The van der Waals surface area contributed by atoms with Crippen molar-refractivity contribution < 1.29 is 14.3 Å². The number of esters is 1. The Morgan fingerprint density at radius 1 is 1.50 bits per heavy atom. The van der Waals surface area contributed by atoms with E-state index in [1.165, 1.54) is 16.8 Å². The van der Waals surface area contributed by atoms with Crippen molar-refractivity contribution in [2.75, 3.05) is 6.61 Å². The van der Waals surface area contributed by atoms with Gasteiger partial charge in [-0.25, -0.2) is 9.59 Å². The molecule has 1 aromatic carbocycles. The monoisotopic (exact) mass is 405 g/mol. The highest BCUT2D eigenvalue weighted by Crippen LogP contribution is 2.30. The number of rotatable bonds is 5. The second kappa shape index (κ2) is 8.30. The molecule has 1 aromatic heterocycles. The molecule has 3 atom stereocenters. The number of hydrogen-bond donors (Lipinski definition) is 1. The SMILES string of the molecule is Cc1cn([C@H]2C[C@H](N=[N+]=[N-])[C@@H](COC(=O)c3cccc(Cl)c3)O2)c(=O)[nH]c1=O. The van der Waals surface area contributed by atoms with Crippen LogP contribution in [0.3, 0.4) is 0 Å². The van der Waals surface area contributed by atoms with Crippen molar-refractivity contribution in [1.82, 2.24) is 9.55 Å². The molecule has 28 heavy (non-hydrogen) atoms. The van der Waals surface area contributed by atoms with Crippen LogP contribution in [-0.2, 0) is 9.47 Å². The maximum atomic E-state index is 12.2.